The lowest BCUT2D eigenvalue weighted by Gasteiger charge is -2.40. The van der Waals surface area contributed by atoms with Gasteiger partial charge in [-0.05, 0) is 37.0 Å². The first kappa shape index (κ1) is 18.8. The molecule has 1 saturated heterocycles. The van der Waals surface area contributed by atoms with Crippen LogP contribution in [0.25, 0.3) is 0 Å². The predicted molar refractivity (Wildman–Crippen MR) is 93.7 cm³/mol. The van der Waals surface area contributed by atoms with Gasteiger partial charge in [0.25, 0.3) is 0 Å². The van der Waals surface area contributed by atoms with Crippen molar-refractivity contribution in [3.63, 3.8) is 0 Å². The maximum absolute atomic E-state index is 12.5. The van der Waals surface area contributed by atoms with E-state index in [4.69, 9.17) is 0 Å². The molecule has 1 amide bonds. The number of aromatic nitrogens is 1. The van der Waals surface area contributed by atoms with E-state index in [-0.39, 0.29) is 31.3 Å². The van der Waals surface area contributed by atoms with Crippen LogP contribution in [-0.2, 0) is 26.0 Å². The highest BCUT2D eigenvalue weighted by Gasteiger charge is 2.43. The van der Waals surface area contributed by atoms with Gasteiger partial charge in [0.2, 0.25) is 15.9 Å². The van der Waals surface area contributed by atoms with Gasteiger partial charge in [-0.25, -0.2) is 13.1 Å². The Balaban J connectivity index is 1.57. The fraction of sp³-hybridized carbons (Fsp3) is 0.588. The Morgan fingerprint density at radius 2 is 1.85 bits per heavy atom. The number of aliphatic carboxylic acids is 1. The topological polar surface area (TPSA) is 117 Å². The van der Waals surface area contributed by atoms with Gasteiger partial charge < -0.3 is 10.0 Å². The summed E-state index contributed by atoms with van der Waals surface area (Å²) in [4.78, 5) is 29.2. The third kappa shape index (κ3) is 4.21. The quantitative estimate of drug-likeness (QED) is 0.706. The molecule has 0 spiro atoms. The zero-order valence-corrected chi connectivity index (χ0v) is 15.2. The summed E-state index contributed by atoms with van der Waals surface area (Å²) in [6.45, 7) is 0.262. The summed E-state index contributed by atoms with van der Waals surface area (Å²) in [6, 6.07) is 2.05. The number of carboxylic acid groups (broad SMARTS) is 1. The Morgan fingerprint density at radius 3 is 2.42 bits per heavy atom. The van der Waals surface area contributed by atoms with Gasteiger partial charge in [0, 0.05) is 31.4 Å². The van der Waals surface area contributed by atoms with E-state index in [0.29, 0.717) is 5.56 Å². The van der Waals surface area contributed by atoms with Crippen LogP contribution in [0.15, 0.2) is 24.5 Å². The number of carbonyl (C=O) groups excluding carboxylic acids is 1. The summed E-state index contributed by atoms with van der Waals surface area (Å²) in [5.74, 6) is -1.19. The average molecular weight is 381 g/mol. The lowest BCUT2D eigenvalue weighted by molar-refractivity contribution is -0.140. The highest BCUT2D eigenvalue weighted by atomic mass is 32.2. The van der Waals surface area contributed by atoms with Crippen LogP contribution in [0.5, 0.6) is 0 Å². The number of nitrogens with one attached hydrogen (secondary N) is 1. The molecule has 1 aromatic rings. The number of likely N-dealkylation sites (tertiary alicyclic amines) is 1. The number of amides is 1. The Hall–Kier alpha value is -2.00. The molecule has 1 aromatic heterocycles. The van der Waals surface area contributed by atoms with Crippen molar-refractivity contribution in [3.8, 4) is 0 Å². The zero-order chi connectivity index (χ0) is 18.7. The first-order valence-corrected chi connectivity index (χ1v) is 10.3. The number of pyridine rings is 1. The van der Waals surface area contributed by atoms with E-state index >= 15 is 0 Å². The van der Waals surface area contributed by atoms with Crippen LogP contribution in [0.1, 0.15) is 31.2 Å². The van der Waals surface area contributed by atoms with Crippen molar-refractivity contribution in [2.45, 2.75) is 43.4 Å². The minimum atomic E-state index is -3.82. The highest BCUT2D eigenvalue weighted by molar-refractivity contribution is 7.90. The van der Waals surface area contributed by atoms with Gasteiger partial charge in [0.15, 0.2) is 0 Å². The fourth-order valence-corrected chi connectivity index (χ4v) is 5.00. The van der Waals surface area contributed by atoms with E-state index in [9.17, 15) is 23.1 Å². The second kappa shape index (κ2) is 7.71. The fourth-order valence-electron chi connectivity index (χ4n) is 3.47. The van der Waals surface area contributed by atoms with Gasteiger partial charge in [-0.2, -0.15) is 0 Å². The second-order valence-corrected chi connectivity index (χ2v) is 8.95. The summed E-state index contributed by atoms with van der Waals surface area (Å²) in [5.41, 5.74) is 0.682. The summed E-state index contributed by atoms with van der Waals surface area (Å²) in [5, 5.41) is 8.59. The molecule has 0 bridgehead atoms. The van der Waals surface area contributed by atoms with Crippen molar-refractivity contribution in [1.29, 1.82) is 0 Å². The Morgan fingerprint density at radius 1 is 1.23 bits per heavy atom. The van der Waals surface area contributed by atoms with Crippen molar-refractivity contribution < 1.29 is 23.1 Å². The van der Waals surface area contributed by atoms with Crippen molar-refractivity contribution in [1.82, 2.24) is 14.6 Å². The summed E-state index contributed by atoms with van der Waals surface area (Å²) >= 11 is 0. The number of carboxylic acids is 1. The van der Waals surface area contributed by atoms with Crippen molar-refractivity contribution in [2.24, 2.45) is 5.92 Å². The van der Waals surface area contributed by atoms with Crippen molar-refractivity contribution in [2.75, 3.05) is 13.1 Å². The van der Waals surface area contributed by atoms with Gasteiger partial charge in [-0.15, -0.1) is 0 Å². The SMILES string of the molecule is O=C(O)C(Cc1ccncc1)NS(=O)(=O)C1CN(C(=O)C2CCCC2)C1. The number of carbonyl (C=O) groups is 2. The van der Waals surface area contributed by atoms with E-state index in [1.165, 1.54) is 12.4 Å². The van der Waals surface area contributed by atoms with Crippen molar-refractivity contribution >= 4 is 21.9 Å². The van der Waals surface area contributed by atoms with Crippen molar-refractivity contribution in [3.05, 3.63) is 30.1 Å². The number of hydrogen-bond donors (Lipinski definition) is 2. The molecule has 1 aliphatic carbocycles. The Bertz CT molecular complexity index is 756. The Labute approximate surface area is 152 Å². The van der Waals surface area contributed by atoms with Crippen LogP contribution >= 0.6 is 0 Å². The van der Waals surface area contributed by atoms with Crippen LogP contribution in [0.3, 0.4) is 0 Å². The summed E-state index contributed by atoms with van der Waals surface area (Å²) in [7, 11) is -3.82. The number of rotatable bonds is 7. The monoisotopic (exact) mass is 381 g/mol. The molecule has 1 unspecified atom stereocenters. The molecule has 0 aromatic carbocycles. The molecular weight excluding hydrogens is 358 g/mol. The van der Waals surface area contributed by atoms with Gasteiger partial charge in [0.05, 0.1) is 0 Å². The predicted octanol–water partition coefficient (Wildman–Crippen LogP) is 0.398. The molecule has 2 fully saturated rings. The summed E-state index contributed by atoms with van der Waals surface area (Å²) < 4.78 is 27.3. The molecule has 2 aliphatic rings. The molecule has 1 aliphatic heterocycles. The molecule has 8 nitrogen and oxygen atoms in total. The lowest BCUT2D eigenvalue weighted by Crippen LogP contribution is -2.61. The molecule has 2 heterocycles. The van der Waals surface area contributed by atoms with Crippen LogP contribution < -0.4 is 4.72 Å². The molecular formula is C17H23N3O5S. The molecule has 26 heavy (non-hydrogen) atoms. The molecule has 3 rings (SSSR count). The number of sulfonamides is 1. The molecule has 142 valence electrons. The first-order valence-electron chi connectivity index (χ1n) is 8.78. The first-order chi connectivity index (χ1) is 12.4. The average Bonchev–Trinajstić information content (AvgIpc) is 3.07. The van der Waals surface area contributed by atoms with Crippen LogP contribution in [0.4, 0.5) is 0 Å². The maximum atomic E-state index is 12.5. The third-order valence-electron chi connectivity index (χ3n) is 5.10. The largest absolute Gasteiger partial charge is 0.480 e. The van der Waals surface area contributed by atoms with E-state index in [2.05, 4.69) is 9.71 Å². The van der Waals surface area contributed by atoms with Crippen LogP contribution in [-0.4, -0.2) is 59.7 Å². The standard InChI is InChI=1S/C17H23N3O5S/c21-16(13-3-1-2-4-13)20-10-14(11-20)26(24,25)19-15(17(22)23)9-12-5-7-18-8-6-12/h5-8,13-15,19H,1-4,9-11H2,(H,22,23). The number of nitrogens with zero attached hydrogens (tertiary/aromatic N) is 2. The smallest absolute Gasteiger partial charge is 0.322 e. The maximum Gasteiger partial charge on any atom is 0.322 e. The summed E-state index contributed by atoms with van der Waals surface area (Å²) in [6.07, 6.45) is 6.93. The van der Waals surface area contributed by atoms with E-state index < -0.39 is 27.3 Å². The van der Waals surface area contributed by atoms with Gasteiger partial charge in [-0.3, -0.25) is 14.6 Å². The second-order valence-electron chi connectivity index (χ2n) is 6.96. The normalized spacial score (nSPS) is 19.9. The Kier molecular flexibility index (Phi) is 5.57. The molecule has 1 saturated carbocycles. The minimum absolute atomic E-state index is 0.0186. The van der Waals surface area contributed by atoms with E-state index in [1.807, 2.05) is 0 Å². The zero-order valence-electron chi connectivity index (χ0n) is 14.4. The van der Waals surface area contributed by atoms with E-state index in [1.54, 1.807) is 17.0 Å². The minimum Gasteiger partial charge on any atom is -0.480 e. The van der Waals surface area contributed by atoms with Crippen LogP contribution in [0.2, 0.25) is 0 Å². The molecule has 9 heteroatoms. The highest BCUT2D eigenvalue weighted by Crippen LogP contribution is 2.29. The van der Waals surface area contributed by atoms with Gasteiger partial charge in [-0.1, -0.05) is 12.8 Å². The third-order valence-corrected chi connectivity index (χ3v) is 6.89. The number of hydrogen-bond acceptors (Lipinski definition) is 5. The van der Waals surface area contributed by atoms with Crippen LogP contribution in [0, 0.1) is 5.92 Å². The molecule has 2 N–H and O–H groups in total. The molecule has 0 radical (unpaired) electrons. The van der Waals surface area contributed by atoms with Gasteiger partial charge in [0.1, 0.15) is 11.3 Å². The molecule has 1 atom stereocenters. The van der Waals surface area contributed by atoms with Gasteiger partial charge >= 0.3 is 5.97 Å². The lowest BCUT2D eigenvalue weighted by atomic mass is 10.0. The van der Waals surface area contributed by atoms with E-state index in [0.717, 1.165) is 25.7 Å².